The lowest BCUT2D eigenvalue weighted by atomic mass is 10.2. The van der Waals surface area contributed by atoms with Crippen LogP contribution in [0.25, 0.3) is 0 Å². The SMILES string of the molecule is O=CNc1c(Cl)cc(C(=O)O)cc1Br. The fraction of sp³-hybridized carbons (Fsp3) is 0. The lowest BCUT2D eigenvalue weighted by Gasteiger charge is -2.06. The number of nitrogens with one attached hydrogen (secondary N) is 1. The molecule has 0 aliphatic heterocycles. The molecule has 0 saturated carbocycles. The summed E-state index contributed by atoms with van der Waals surface area (Å²) in [5.74, 6) is -1.08. The van der Waals surface area contributed by atoms with E-state index in [4.69, 9.17) is 16.7 Å². The molecule has 0 heterocycles. The van der Waals surface area contributed by atoms with Crippen LogP contribution in [0.3, 0.4) is 0 Å². The molecule has 1 amide bonds. The predicted molar refractivity (Wildman–Crippen MR) is 55.8 cm³/mol. The van der Waals surface area contributed by atoms with Gasteiger partial charge in [0.1, 0.15) is 0 Å². The Balaban J connectivity index is 3.24. The van der Waals surface area contributed by atoms with E-state index in [1.807, 2.05) is 0 Å². The van der Waals surface area contributed by atoms with Crippen molar-refractivity contribution in [3.05, 3.63) is 27.2 Å². The minimum Gasteiger partial charge on any atom is -0.478 e. The Bertz CT molecular complexity index is 371. The van der Waals surface area contributed by atoms with Crippen LogP contribution < -0.4 is 5.32 Å². The zero-order valence-electron chi connectivity index (χ0n) is 6.75. The molecule has 1 aromatic carbocycles. The fourth-order valence-corrected chi connectivity index (χ4v) is 1.86. The normalized spacial score (nSPS) is 9.57. The lowest BCUT2D eigenvalue weighted by Crippen LogP contribution is -2.00. The Kier molecular flexibility index (Phi) is 3.49. The second kappa shape index (κ2) is 4.43. The first-order valence-electron chi connectivity index (χ1n) is 3.48. The minimum absolute atomic E-state index is 0.0540. The third-order valence-corrected chi connectivity index (χ3v) is 2.42. The second-order valence-electron chi connectivity index (χ2n) is 2.38. The lowest BCUT2D eigenvalue weighted by molar-refractivity contribution is -0.105. The maximum absolute atomic E-state index is 10.6. The average molecular weight is 278 g/mol. The van der Waals surface area contributed by atoms with Crippen molar-refractivity contribution < 1.29 is 14.7 Å². The standard InChI is InChI=1S/C8H5BrClNO3/c9-5-1-4(8(13)14)2-6(10)7(5)11-3-12/h1-3H,(H,11,12)(H,13,14). The van der Waals surface area contributed by atoms with Crippen molar-refractivity contribution in [2.45, 2.75) is 0 Å². The van der Waals surface area contributed by atoms with Crippen molar-refractivity contribution in [3.63, 3.8) is 0 Å². The van der Waals surface area contributed by atoms with Gasteiger partial charge in [-0.05, 0) is 28.1 Å². The number of rotatable bonds is 3. The Morgan fingerprint density at radius 2 is 2.21 bits per heavy atom. The zero-order valence-corrected chi connectivity index (χ0v) is 9.09. The van der Waals surface area contributed by atoms with E-state index in [1.165, 1.54) is 12.1 Å². The van der Waals surface area contributed by atoms with Gasteiger partial charge in [-0.3, -0.25) is 4.79 Å². The first-order chi connectivity index (χ1) is 6.56. The number of carbonyl (C=O) groups is 2. The molecule has 0 atom stereocenters. The van der Waals surface area contributed by atoms with Gasteiger partial charge in [-0.1, -0.05) is 11.6 Å². The molecular formula is C8H5BrClNO3. The van der Waals surface area contributed by atoms with Gasteiger partial charge in [0.05, 0.1) is 16.3 Å². The predicted octanol–water partition coefficient (Wildman–Crippen LogP) is 2.37. The monoisotopic (exact) mass is 277 g/mol. The van der Waals surface area contributed by atoms with Crippen molar-refractivity contribution >= 4 is 45.6 Å². The summed E-state index contributed by atoms with van der Waals surface area (Å²) < 4.78 is 0.425. The van der Waals surface area contributed by atoms with Gasteiger partial charge in [-0.2, -0.15) is 0 Å². The number of hydrogen-bond acceptors (Lipinski definition) is 2. The fourth-order valence-electron chi connectivity index (χ4n) is 0.893. The molecule has 14 heavy (non-hydrogen) atoms. The first kappa shape index (κ1) is 11.0. The zero-order chi connectivity index (χ0) is 10.7. The summed E-state index contributed by atoms with van der Waals surface area (Å²) in [4.78, 5) is 20.8. The summed E-state index contributed by atoms with van der Waals surface area (Å²) in [6.45, 7) is 0. The molecule has 1 aromatic rings. The molecule has 0 aliphatic rings. The van der Waals surface area contributed by atoms with Crippen molar-refractivity contribution in [1.82, 2.24) is 0 Å². The van der Waals surface area contributed by atoms with Crippen LogP contribution in [0.2, 0.25) is 5.02 Å². The van der Waals surface area contributed by atoms with E-state index in [1.54, 1.807) is 0 Å². The van der Waals surface area contributed by atoms with Gasteiger partial charge in [0.25, 0.3) is 0 Å². The molecule has 0 unspecified atom stereocenters. The molecule has 0 aromatic heterocycles. The highest BCUT2D eigenvalue weighted by Crippen LogP contribution is 2.31. The minimum atomic E-state index is -1.08. The van der Waals surface area contributed by atoms with Gasteiger partial charge in [-0.15, -0.1) is 0 Å². The molecule has 74 valence electrons. The number of hydrogen-bond donors (Lipinski definition) is 2. The van der Waals surface area contributed by atoms with Crippen molar-refractivity contribution in [2.75, 3.05) is 5.32 Å². The summed E-state index contributed by atoms with van der Waals surface area (Å²) in [5, 5.41) is 11.2. The van der Waals surface area contributed by atoms with Gasteiger partial charge < -0.3 is 10.4 Å². The summed E-state index contributed by atoms with van der Waals surface area (Å²) >= 11 is 8.84. The van der Waals surface area contributed by atoms with E-state index in [0.29, 0.717) is 16.6 Å². The first-order valence-corrected chi connectivity index (χ1v) is 4.66. The van der Waals surface area contributed by atoms with E-state index < -0.39 is 5.97 Å². The highest BCUT2D eigenvalue weighted by Gasteiger charge is 2.10. The van der Waals surface area contributed by atoms with Crippen LogP contribution in [-0.2, 0) is 4.79 Å². The Hall–Kier alpha value is -1.07. The summed E-state index contributed by atoms with van der Waals surface area (Å²) in [6.07, 6.45) is 0.465. The number of aromatic carboxylic acids is 1. The molecule has 0 aliphatic carbocycles. The smallest absolute Gasteiger partial charge is 0.335 e. The van der Waals surface area contributed by atoms with Crippen LogP contribution in [0, 0.1) is 0 Å². The molecule has 2 N–H and O–H groups in total. The van der Waals surface area contributed by atoms with Gasteiger partial charge in [-0.25, -0.2) is 4.79 Å². The number of amides is 1. The van der Waals surface area contributed by atoms with E-state index in [2.05, 4.69) is 21.2 Å². The van der Waals surface area contributed by atoms with E-state index in [0.717, 1.165) is 0 Å². The third kappa shape index (κ3) is 2.24. The van der Waals surface area contributed by atoms with E-state index >= 15 is 0 Å². The molecule has 0 fully saturated rings. The molecule has 6 heteroatoms. The van der Waals surface area contributed by atoms with Crippen LogP contribution in [-0.4, -0.2) is 17.5 Å². The number of carboxylic acid groups (broad SMARTS) is 1. The molecule has 0 radical (unpaired) electrons. The van der Waals surface area contributed by atoms with Crippen molar-refractivity contribution in [1.29, 1.82) is 0 Å². The number of carbonyl (C=O) groups excluding carboxylic acids is 1. The molecule has 0 bridgehead atoms. The van der Waals surface area contributed by atoms with Crippen LogP contribution in [0.1, 0.15) is 10.4 Å². The summed E-state index contributed by atoms with van der Waals surface area (Å²) in [5.41, 5.74) is 0.407. The second-order valence-corrected chi connectivity index (χ2v) is 3.64. The van der Waals surface area contributed by atoms with Crippen molar-refractivity contribution in [3.8, 4) is 0 Å². The van der Waals surface area contributed by atoms with Crippen molar-refractivity contribution in [2.24, 2.45) is 0 Å². The third-order valence-electron chi connectivity index (χ3n) is 1.49. The average Bonchev–Trinajstić information content (AvgIpc) is 2.10. The topological polar surface area (TPSA) is 66.4 Å². The highest BCUT2D eigenvalue weighted by molar-refractivity contribution is 9.10. The quantitative estimate of drug-likeness (QED) is 0.834. The molecule has 0 spiro atoms. The Labute approximate surface area is 93.0 Å². The van der Waals surface area contributed by atoms with Crippen LogP contribution in [0.5, 0.6) is 0 Å². The van der Waals surface area contributed by atoms with Gasteiger partial charge in [0.15, 0.2) is 0 Å². The molecule has 1 rings (SSSR count). The number of carboxylic acids is 1. The maximum atomic E-state index is 10.6. The molecule has 4 nitrogen and oxygen atoms in total. The number of anilines is 1. The van der Waals surface area contributed by atoms with Gasteiger partial charge in [0.2, 0.25) is 6.41 Å². The van der Waals surface area contributed by atoms with Crippen LogP contribution >= 0.6 is 27.5 Å². The maximum Gasteiger partial charge on any atom is 0.335 e. The summed E-state index contributed by atoms with van der Waals surface area (Å²) in [6, 6.07) is 2.63. The van der Waals surface area contributed by atoms with Gasteiger partial charge in [0, 0.05) is 4.47 Å². The Morgan fingerprint density at radius 1 is 1.57 bits per heavy atom. The van der Waals surface area contributed by atoms with Gasteiger partial charge >= 0.3 is 5.97 Å². The van der Waals surface area contributed by atoms with E-state index in [-0.39, 0.29) is 10.6 Å². The number of halogens is 2. The summed E-state index contributed by atoms with van der Waals surface area (Å²) in [7, 11) is 0. The van der Waals surface area contributed by atoms with E-state index in [9.17, 15) is 9.59 Å². The Morgan fingerprint density at radius 3 is 2.64 bits per heavy atom. The van der Waals surface area contributed by atoms with Crippen LogP contribution in [0.4, 0.5) is 5.69 Å². The number of benzene rings is 1. The largest absolute Gasteiger partial charge is 0.478 e. The highest BCUT2D eigenvalue weighted by atomic mass is 79.9. The molecular weight excluding hydrogens is 273 g/mol. The van der Waals surface area contributed by atoms with Crippen LogP contribution in [0.15, 0.2) is 16.6 Å². The molecule has 0 saturated heterocycles.